The van der Waals surface area contributed by atoms with Crippen LogP contribution in [0.25, 0.3) is 4.85 Å². The fraction of sp³-hybridized carbons (Fsp3) is 0.261. The number of nitrogens with zero attached hydrogens (tertiary/aromatic N) is 3. The SMILES string of the molecule is [C-]#[N+]c1cc(C(=O)N2CCS(=O)(=O)[C@](F)(c3ncc([C@@H](C)c4ccccc4F)s3)C2)ccc1Br. The fourth-order valence-corrected chi connectivity index (χ4v) is 6.99. The van der Waals surface area contributed by atoms with E-state index in [9.17, 15) is 17.6 Å². The van der Waals surface area contributed by atoms with Crippen LogP contribution < -0.4 is 0 Å². The molecule has 2 atom stereocenters. The Bertz CT molecular complexity index is 1420. The molecule has 0 aliphatic carbocycles. The highest BCUT2D eigenvalue weighted by atomic mass is 79.9. The van der Waals surface area contributed by atoms with Crippen molar-refractivity contribution in [3.63, 3.8) is 0 Å². The minimum absolute atomic E-state index is 0.156. The van der Waals surface area contributed by atoms with Gasteiger partial charge < -0.3 is 4.90 Å². The van der Waals surface area contributed by atoms with E-state index in [0.717, 1.165) is 16.2 Å². The van der Waals surface area contributed by atoms with E-state index < -0.39 is 44.8 Å². The van der Waals surface area contributed by atoms with Gasteiger partial charge in [-0.25, -0.2) is 27.0 Å². The lowest BCUT2D eigenvalue weighted by Crippen LogP contribution is -2.53. The molecular weight excluding hydrogens is 548 g/mol. The van der Waals surface area contributed by atoms with Crippen LogP contribution in [0.1, 0.15) is 38.6 Å². The van der Waals surface area contributed by atoms with Crippen molar-refractivity contribution in [1.82, 2.24) is 9.88 Å². The number of aromatic nitrogens is 1. The van der Waals surface area contributed by atoms with Crippen LogP contribution in [0, 0.1) is 12.4 Å². The van der Waals surface area contributed by atoms with Gasteiger partial charge in [0.2, 0.25) is 5.69 Å². The number of alkyl halides is 1. The molecule has 0 N–H and O–H groups in total. The molecule has 176 valence electrons. The number of sulfone groups is 1. The van der Waals surface area contributed by atoms with Crippen LogP contribution in [-0.2, 0) is 14.8 Å². The monoisotopic (exact) mass is 565 g/mol. The van der Waals surface area contributed by atoms with Gasteiger partial charge in [-0.15, -0.1) is 11.3 Å². The predicted octanol–water partition coefficient (Wildman–Crippen LogP) is 5.44. The molecule has 2 aromatic carbocycles. The molecule has 0 bridgehead atoms. The third kappa shape index (κ3) is 4.26. The Balaban J connectivity index is 1.65. The largest absolute Gasteiger partial charge is 0.333 e. The first-order valence-electron chi connectivity index (χ1n) is 10.2. The van der Waals surface area contributed by atoms with E-state index in [1.54, 1.807) is 31.2 Å². The Kier molecular flexibility index (Phi) is 6.59. The second kappa shape index (κ2) is 9.17. The Morgan fingerprint density at radius 3 is 2.76 bits per heavy atom. The molecule has 0 spiro atoms. The molecule has 0 unspecified atom stereocenters. The minimum Gasteiger partial charge on any atom is -0.333 e. The van der Waals surface area contributed by atoms with Gasteiger partial charge in [-0.3, -0.25) is 4.79 Å². The van der Waals surface area contributed by atoms with Gasteiger partial charge in [0.25, 0.3) is 10.9 Å². The van der Waals surface area contributed by atoms with Gasteiger partial charge in [-0.2, -0.15) is 0 Å². The maximum Gasteiger partial charge on any atom is 0.278 e. The summed E-state index contributed by atoms with van der Waals surface area (Å²) in [6.07, 6.45) is 1.35. The molecular formula is C23H18BrF2N3O3S2. The van der Waals surface area contributed by atoms with Crippen LogP contribution in [0.15, 0.2) is 53.1 Å². The number of amides is 1. The van der Waals surface area contributed by atoms with Crippen LogP contribution in [0.5, 0.6) is 0 Å². The summed E-state index contributed by atoms with van der Waals surface area (Å²) < 4.78 is 56.6. The Morgan fingerprint density at radius 1 is 1.32 bits per heavy atom. The maximum atomic E-state index is 16.2. The van der Waals surface area contributed by atoms with Gasteiger partial charge in [0.15, 0.2) is 9.84 Å². The van der Waals surface area contributed by atoms with Crippen LogP contribution >= 0.6 is 27.3 Å². The summed E-state index contributed by atoms with van der Waals surface area (Å²) in [6, 6.07) is 10.6. The lowest BCUT2D eigenvalue weighted by Gasteiger charge is -2.35. The molecule has 11 heteroatoms. The smallest absolute Gasteiger partial charge is 0.278 e. The highest BCUT2D eigenvalue weighted by Gasteiger charge is 2.53. The number of rotatable bonds is 4. The van der Waals surface area contributed by atoms with Crippen LogP contribution in [0.4, 0.5) is 14.5 Å². The zero-order valence-electron chi connectivity index (χ0n) is 17.8. The number of hydrogen-bond acceptors (Lipinski definition) is 5. The van der Waals surface area contributed by atoms with Gasteiger partial charge in [-0.1, -0.05) is 53.2 Å². The fourth-order valence-electron chi connectivity index (χ4n) is 3.74. The van der Waals surface area contributed by atoms with Crippen LogP contribution in [0.2, 0.25) is 0 Å². The van der Waals surface area contributed by atoms with Crippen LogP contribution in [-0.4, -0.2) is 43.1 Å². The highest BCUT2D eigenvalue weighted by Crippen LogP contribution is 2.41. The number of benzene rings is 2. The van der Waals surface area contributed by atoms with Gasteiger partial charge in [0.05, 0.1) is 18.9 Å². The van der Waals surface area contributed by atoms with Crippen molar-refractivity contribution in [3.05, 3.63) is 91.4 Å². The molecule has 0 radical (unpaired) electrons. The molecule has 1 saturated heterocycles. The summed E-state index contributed by atoms with van der Waals surface area (Å²) in [6.45, 7) is 8.03. The number of hydrogen-bond donors (Lipinski definition) is 0. The van der Waals surface area contributed by atoms with Crippen molar-refractivity contribution in [1.29, 1.82) is 0 Å². The molecule has 3 aromatic rings. The van der Waals surface area contributed by atoms with E-state index in [-0.39, 0.29) is 22.8 Å². The number of carbonyl (C=O) groups excluding carboxylic acids is 1. The number of halogens is 3. The van der Waals surface area contributed by atoms with Crippen molar-refractivity contribution in [2.45, 2.75) is 17.8 Å². The molecule has 1 amide bonds. The topological polar surface area (TPSA) is 71.7 Å². The number of thiazole rings is 1. The quantitative estimate of drug-likeness (QED) is 0.395. The summed E-state index contributed by atoms with van der Waals surface area (Å²) >= 11 is 4.08. The zero-order valence-corrected chi connectivity index (χ0v) is 21.1. The van der Waals surface area contributed by atoms with Crippen LogP contribution in [0.3, 0.4) is 0 Å². The molecule has 34 heavy (non-hydrogen) atoms. The van der Waals surface area contributed by atoms with Crippen molar-refractivity contribution in [2.75, 3.05) is 18.8 Å². The van der Waals surface area contributed by atoms with Gasteiger partial charge in [-0.05, 0) is 17.7 Å². The van der Waals surface area contributed by atoms with Gasteiger partial charge in [0.1, 0.15) is 10.8 Å². The normalized spacial score (nSPS) is 20.5. The van der Waals surface area contributed by atoms with E-state index >= 15 is 4.39 Å². The van der Waals surface area contributed by atoms with Gasteiger partial charge in [0, 0.05) is 33.6 Å². The standard InChI is InChI=1S/C23H18BrF2N3O3S2/c1-14(16-5-3-4-6-18(16)25)20-12-28-22(33-20)23(26)13-29(9-10-34(23,31)32)21(30)15-7-8-17(24)19(11-15)27-2/h3-8,11-12,14H,9-10,13H2,1H3/t14-,23-/m0/s1. The Morgan fingerprint density at radius 2 is 2.06 bits per heavy atom. The van der Waals surface area contributed by atoms with Crippen molar-refractivity contribution in [2.24, 2.45) is 0 Å². The minimum atomic E-state index is -4.27. The third-order valence-corrected chi connectivity index (χ3v) is 9.90. The average molecular weight is 566 g/mol. The highest BCUT2D eigenvalue weighted by molar-refractivity contribution is 9.10. The molecule has 1 aliphatic heterocycles. The van der Waals surface area contributed by atoms with Gasteiger partial charge >= 0.3 is 0 Å². The lowest BCUT2D eigenvalue weighted by molar-refractivity contribution is 0.0666. The van der Waals surface area contributed by atoms with E-state index in [0.29, 0.717) is 14.9 Å². The van der Waals surface area contributed by atoms with Crippen molar-refractivity contribution < 1.29 is 22.0 Å². The van der Waals surface area contributed by atoms with E-state index in [1.165, 1.54) is 24.4 Å². The Hall–Kier alpha value is -2.68. The first-order valence-corrected chi connectivity index (χ1v) is 13.4. The van der Waals surface area contributed by atoms with E-state index in [1.807, 2.05) is 0 Å². The average Bonchev–Trinajstić information content (AvgIpc) is 3.32. The molecule has 4 rings (SSSR count). The second-order valence-corrected chi connectivity index (χ2v) is 12.1. The molecule has 2 heterocycles. The molecule has 1 aromatic heterocycles. The molecule has 1 fully saturated rings. The summed E-state index contributed by atoms with van der Waals surface area (Å²) in [4.78, 5) is 22.0. The predicted molar refractivity (Wildman–Crippen MR) is 129 cm³/mol. The number of carbonyl (C=O) groups is 1. The zero-order chi connectivity index (χ0) is 24.7. The first-order chi connectivity index (χ1) is 16.1. The summed E-state index contributed by atoms with van der Waals surface area (Å²) in [5, 5.41) is -3.18. The second-order valence-electron chi connectivity index (χ2n) is 7.86. The summed E-state index contributed by atoms with van der Waals surface area (Å²) in [7, 11) is -4.27. The first kappa shape index (κ1) is 24.4. The van der Waals surface area contributed by atoms with E-state index in [2.05, 4.69) is 25.8 Å². The Labute approximate surface area is 208 Å². The van der Waals surface area contributed by atoms with Crippen molar-refractivity contribution in [3.8, 4) is 0 Å². The molecule has 1 aliphatic rings. The summed E-state index contributed by atoms with van der Waals surface area (Å²) in [5.74, 6) is -2.03. The summed E-state index contributed by atoms with van der Waals surface area (Å²) in [5.41, 5.74) is 0.761. The molecule has 6 nitrogen and oxygen atoms in total. The maximum absolute atomic E-state index is 16.2. The van der Waals surface area contributed by atoms with Crippen molar-refractivity contribution >= 4 is 48.7 Å². The third-order valence-electron chi connectivity index (χ3n) is 5.76. The molecule has 0 saturated carbocycles. The lowest BCUT2D eigenvalue weighted by atomic mass is 10.00. The van der Waals surface area contributed by atoms with E-state index in [4.69, 9.17) is 6.57 Å².